The summed E-state index contributed by atoms with van der Waals surface area (Å²) in [5.74, 6) is 0.0586. The van der Waals surface area contributed by atoms with E-state index in [0.29, 0.717) is 17.1 Å². The van der Waals surface area contributed by atoms with E-state index in [2.05, 4.69) is 29.4 Å². The Kier molecular flexibility index (Phi) is 4.81. The normalized spacial score (nSPS) is 12.1. The topological polar surface area (TPSA) is 42.0 Å². The van der Waals surface area contributed by atoms with Crippen molar-refractivity contribution in [1.82, 2.24) is 10.3 Å². The first-order valence-electron chi connectivity index (χ1n) is 7.95. The highest BCUT2D eigenvalue weighted by Crippen LogP contribution is 2.25. The molecule has 1 N–H and O–H groups in total. The number of nitrogens with zero attached hydrogens (tertiary/aromatic N) is 1. The molecule has 3 nitrogen and oxygen atoms in total. The molecule has 1 amide bonds. The van der Waals surface area contributed by atoms with Crippen LogP contribution in [0.5, 0.6) is 0 Å². The van der Waals surface area contributed by atoms with Crippen LogP contribution in [-0.2, 0) is 0 Å². The Bertz CT molecular complexity index is 877. The third-order valence-electron chi connectivity index (χ3n) is 4.12. The second-order valence-electron chi connectivity index (χ2n) is 5.96. The van der Waals surface area contributed by atoms with Crippen molar-refractivity contribution in [3.05, 3.63) is 76.4 Å². The fraction of sp³-hybridized carbons (Fsp3) is 0.200. The molecule has 1 atom stereocenters. The standard InChI is InChI=1S/C20H19ClN2O/c1-13(15-6-4-3-5-7-15)12-22-20(24)19-16-9-8-14(2)23-18(16)11-10-17(19)21/h3-11,13H,12H2,1-2H3,(H,22,24)/t13-/m1/s1. The van der Waals surface area contributed by atoms with Crippen molar-refractivity contribution in [2.24, 2.45) is 0 Å². The molecule has 3 aromatic rings. The van der Waals surface area contributed by atoms with Crippen molar-refractivity contribution in [2.75, 3.05) is 6.54 Å². The van der Waals surface area contributed by atoms with Crippen LogP contribution >= 0.6 is 11.6 Å². The predicted molar refractivity (Wildman–Crippen MR) is 98.7 cm³/mol. The van der Waals surface area contributed by atoms with Gasteiger partial charge in [0.15, 0.2) is 0 Å². The molecule has 0 fully saturated rings. The maximum atomic E-state index is 12.7. The molecule has 1 heterocycles. The minimum Gasteiger partial charge on any atom is -0.351 e. The summed E-state index contributed by atoms with van der Waals surface area (Å²) in [4.78, 5) is 17.1. The second-order valence-corrected chi connectivity index (χ2v) is 6.37. The number of nitrogens with one attached hydrogen (secondary N) is 1. The van der Waals surface area contributed by atoms with Crippen molar-refractivity contribution < 1.29 is 4.79 Å². The van der Waals surface area contributed by atoms with Crippen LogP contribution in [0.4, 0.5) is 0 Å². The molecule has 0 saturated carbocycles. The Labute approximate surface area is 146 Å². The number of aryl methyl sites for hydroxylation is 1. The van der Waals surface area contributed by atoms with Crippen LogP contribution in [0.2, 0.25) is 5.02 Å². The Morgan fingerprint density at radius 2 is 1.88 bits per heavy atom. The van der Waals surface area contributed by atoms with Crippen molar-refractivity contribution >= 4 is 28.4 Å². The molecule has 0 aliphatic heterocycles. The number of amides is 1. The highest BCUT2D eigenvalue weighted by Gasteiger charge is 2.16. The van der Waals surface area contributed by atoms with Gasteiger partial charge in [0, 0.05) is 17.6 Å². The summed E-state index contributed by atoms with van der Waals surface area (Å²) in [5, 5.41) is 4.21. The van der Waals surface area contributed by atoms with E-state index in [0.717, 1.165) is 16.6 Å². The lowest BCUT2D eigenvalue weighted by molar-refractivity contribution is 0.0953. The number of aromatic nitrogens is 1. The summed E-state index contributed by atoms with van der Waals surface area (Å²) in [5.41, 5.74) is 3.37. The molecular formula is C20H19ClN2O. The summed E-state index contributed by atoms with van der Waals surface area (Å²) in [6.07, 6.45) is 0. The molecule has 0 spiro atoms. The predicted octanol–water partition coefficient (Wildman–Crippen LogP) is 4.73. The van der Waals surface area contributed by atoms with Gasteiger partial charge in [-0.2, -0.15) is 0 Å². The number of halogens is 1. The van der Waals surface area contributed by atoms with E-state index >= 15 is 0 Å². The molecule has 122 valence electrons. The van der Waals surface area contributed by atoms with Crippen LogP contribution in [0, 0.1) is 6.92 Å². The summed E-state index contributed by atoms with van der Waals surface area (Å²) in [7, 11) is 0. The van der Waals surface area contributed by atoms with Crippen molar-refractivity contribution in [3.63, 3.8) is 0 Å². The highest BCUT2D eigenvalue weighted by atomic mass is 35.5. The average Bonchev–Trinajstić information content (AvgIpc) is 2.60. The lowest BCUT2D eigenvalue weighted by Crippen LogP contribution is -2.28. The van der Waals surface area contributed by atoms with Crippen molar-refractivity contribution in [1.29, 1.82) is 0 Å². The molecule has 2 aromatic carbocycles. The van der Waals surface area contributed by atoms with E-state index in [1.807, 2.05) is 43.3 Å². The van der Waals surface area contributed by atoms with Crippen LogP contribution in [0.25, 0.3) is 10.9 Å². The zero-order chi connectivity index (χ0) is 17.1. The third-order valence-corrected chi connectivity index (χ3v) is 4.44. The number of pyridine rings is 1. The minimum absolute atomic E-state index is 0.168. The van der Waals surface area contributed by atoms with E-state index in [-0.39, 0.29) is 11.8 Å². The molecule has 4 heteroatoms. The number of fused-ring (bicyclic) bond motifs is 1. The summed E-state index contributed by atoms with van der Waals surface area (Å²) < 4.78 is 0. The van der Waals surface area contributed by atoms with Gasteiger partial charge in [-0.05, 0) is 36.6 Å². The molecule has 0 saturated heterocycles. The summed E-state index contributed by atoms with van der Waals surface area (Å²) in [6, 6.07) is 17.5. The Balaban J connectivity index is 1.83. The van der Waals surface area contributed by atoms with E-state index in [1.165, 1.54) is 5.56 Å². The maximum absolute atomic E-state index is 12.7. The molecule has 0 aliphatic rings. The number of carbonyl (C=O) groups is 1. The average molecular weight is 339 g/mol. The minimum atomic E-state index is -0.168. The van der Waals surface area contributed by atoms with Crippen LogP contribution in [-0.4, -0.2) is 17.4 Å². The first-order chi connectivity index (χ1) is 11.6. The summed E-state index contributed by atoms with van der Waals surface area (Å²) in [6.45, 7) is 4.56. The Morgan fingerprint density at radius 3 is 2.62 bits per heavy atom. The van der Waals surface area contributed by atoms with Gasteiger partial charge < -0.3 is 5.32 Å². The SMILES string of the molecule is Cc1ccc2c(C(=O)NC[C@@H](C)c3ccccc3)c(Cl)ccc2n1. The lowest BCUT2D eigenvalue weighted by atomic mass is 10.0. The van der Waals surface area contributed by atoms with Gasteiger partial charge in [0.2, 0.25) is 0 Å². The zero-order valence-corrected chi connectivity index (χ0v) is 14.5. The van der Waals surface area contributed by atoms with Gasteiger partial charge in [-0.25, -0.2) is 0 Å². The molecule has 0 bridgehead atoms. The van der Waals surface area contributed by atoms with Crippen LogP contribution in [0.15, 0.2) is 54.6 Å². The molecule has 3 rings (SSSR count). The highest BCUT2D eigenvalue weighted by molar-refractivity contribution is 6.35. The Hall–Kier alpha value is -2.39. The van der Waals surface area contributed by atoms with Crippen molar-refractivity contribution in [3.8, 4) is 0 Å². The van der Waals surface area contributed by atoms with E-state index in [1.54, 1.807) is 6.07 Å². The molecule has 0 aliphatic carbocycles. The molecule has 24 heavy (non-hydrogen) atoms. The largest absolute Gasteiger partial charge is 0.351 e. The molecule has 1 aromatic heterocycles. The van der Waals surface area contributed by atoms with Gasteiger partial charge in [0.05, 0.1) is 16.1 Å². The third kappa shape index (κ3) is 3.41. The van der Waals surface area contributed by atoms with E-state index in [9.17, 15) is 4.79 Å². The Morgan fingerprint density at radius 1 is 1.12 bits per heavy atom. The van der Waals surface area contributed by atoms with Crippen LogP contribution in [0.3, 0.4) is 0 Å². The number of rotatable bonds is 4. The van der Waals surface area contributed by atoms with Crippen molar-refractivity contribution in [2.45, 2.75) is 19.8 Å². The van der Waals surface area contributed by atoms with Crippen LogP contribution < -0.4 is 5.32 Å². The van der Waals surface area contributed by atoms with Gasteiger partial charge in [-0.15, -0.1) is 0 Å². The fourth-order valence-corrected chi connectivity index (χ4v) is 2.99. The maximum Gasteiger partial charge on any atom is 0.253 e. The molecule has 0 unspecified atom stereocenters. The van der Waals surface area contributed by atoms with Gasteiger partial charge in [-0.1, -0.05) is 54.9 Å². The smallest absolute Gasteiger partial charge is 0.253 e. The fourth-order valence-electron chi connectivity index (χ4n) is 2.74. The number of hydrogen-bond acceptors (Lipinski definition) is 2. The zero-order valence-electron chi connectivity index (χ0n) is 13.7. The second kappa shape index (κ2) is 7.02. The first-order valence-corrected chi connectivity index (χ1v) is 8.33. The molecule has 0 radical (unpaired) electrons. The van der Waals surface area contributed by atoms with Gasteiger partial charge >= 0.3 is 0 Å². The van der Waals surface area contributed by atoms with Gasteiger partial charge in [-0.3, -0.25) is 9.78 Å². The summed E-state index contributed by atoms with van der Waals surface area (Å²) >= 11 is 6.28. The number of hydrogen-bond donors (Lipinski definition) is 1. The monoisotopic (exact) mass is 338 g/mol. The number of carbonyl (C=O) groups excluding carboxylic acids is 1. The van der Waals surface area contributed by atoms with Gasteiger partial charge in [0.1, 0.15) is 0 Å². The van der Waals surface area contributed by atoms with Gasteiger partial charge in [0.25, 0.3) is 5.91 Å². The molecular weight excluding hydrogens is 320 g/mol. The van der Waals surface area contributed by atoms with E-state index in [4.69, 9.17) is 11.6 Å². The first kappa shape index (κ1) is 16.5. The number of benzene rings is 2. The quantitative estimate of drug-likeness (QED) is 0.747. The van der Waals surface area contributed by atoms with Crippen LogP contribution in [0.1, 0.15) is 34.5 Å². The van der Waals surface area contributed by atoms with E-state index < -0.39 is 0 Å². The lowest BCUT2D eigenvalue weighted by Gasteiger charge is -2.14.